The molecule has 0 aliphatic rings. The third-order valence-corrected chi connectivity index (χ3v) is 7.17. The highest BCUT2D eigenvalue weighted by atomic mass is 16.6. The molecule has 0 aliphatic heterocycles. The fraction of sp³-hybridized carbons (Fsp3) is 0.485. The second-order valence-corrected chi connectivity index (χ2v) is 10.9. The fourth-order valence-electron chi connectivity index (χ4n) is 4.83. The lowest BCUT2D eigenvalue weighted by Gasteiger charge is -2.43. The van der Waals surface area contributed by atoms with Crippen molar-refractivity contribution in [1.29, 1.82) is 0 Å². The van der Waals surface area contributed by atoms with Crippen molar-refractivity contribution in [3.8, 4) is 16.9 Å². The Balaban J connectivity index is 2.58. The van der Waals surface area contributed by atoms with Gasteiger partial charge in [-0.2, -0.15) is 0 Å². The summed E-state index contributed by atoms with van der Waals surface area (Å²) in [6.45, 7) is 10.7. The molecule has 12 nitrogen and oxygen atoms in total. The molecular weight excluding hydrogens is 586 g/mol. The number of ether oxygens (including phenoxy) is 5. The van der Waals surface area contributed by atoms with Crippen molar-refractivity contribution in [2.45, 2.75) is 97.9 Å². The zero-order chi connectivity index (χ0) is 34.1. The van der Waals surface area contributed by atoms with Crippen molar-refractivity contribution in [3.63, 3.8) is 0 Å². The number of aryl methyl sites for hydroxylation is 1. The smallest absolute Gasteiger partial charge is 0.303 e. The fourth-order valence-corrected chi connectivity index (χ4v) is 4.83. The summed E-state index contributed by atoms with van der Waals surface area (Å²) in [5.41, 5.74) is 0.710. The number of carbonyl (C=O) groups is 5. The van der Waals surface area contributed by atoms with Crippen LogP contribution in [0.15, 0.2) is 42.5 Å². The second-order valence-electron chi connectivity index (χ2n) is 10.9. The van der Waals surface area contributed by atoms with Gasteiger partial charge in [-0.25, -0.2) is 0 Å². The summed E-state index contributed by atoms with van der Waals surface area (Å²) in [6.07, 6.45) is -6.63. The van der Waals surface area contributed by atoms with Gasteiger partial charge in [0.05, 0.1) is 0 Å². The van der Waals surface area contributed by atoms with Crippen LogP contribution in [0.2, 0.25) is 0 Å². The molecule has 6 atom stereocenters. The topological polar surface area (TPSA) is 164 Å². The highest BCUT2D eigenvalue weighted by Crippen LogP contribution is 2.33. The van der Waals surface area contributed by atoms with E-state index < -0.39 is 60.0 Å². The van der Waals surface area contributed by atoms with E-state index in [0.717, 1.165) is 38.8 Å². The van der Waals surface area contributed by atoms with E-state index in [0.29, 0.717) is 16.9 Å². The van der Waals surface area contributed by atoms with Crippen LogP contribution in [0, 0.1) is 6.92 Å². The maximum absolute atomic E-state index is 12.4. The minimum absolute atomic E-state index is 0.216. The molecule has 1 amide bonds. The molecule has 12 heteroatoms. The van der Waals surface area contributed by atoms with Crippen LogP contribution in [0.4, 0.5) is 0 Å². The number of aliphatic hydroxyl groups is 1. The van der Waals surface area contributed by atoms with Crippen LogP contribution < -0.4 is 10.1 Å². The summed E-state index contributed by atoms with van der Waals surface area (Å²) in [5.74, 6) is -2.92. The van der Waals surface area contributed by atoms with Gasteiger partial charge in [0.15, 0.2) is 18.3 Å². The van der Waals surface area contributed by atoms with Crippen LogP contribution in [0.25, 0.3) is 11.1 Å². The predicted molar refractivity (Wildman–Crippen MR) is 163 cm³/mol. The van der Waals surface area contributed by atoms with E-state index in [2.05, 4.69) is 5.32 Å². The number of hydrogen-bond acceptors (Lipinski definition) is 11. The van der Waals surface area contributed by atoms with Crippen molar-refractivity contribution in [1.82, 2.24) is 5.32 Å². The molecule has 0 saturated carbocycles. The molecular formula is C33H43NO11. The van der Waals surface area contributed by atoms with Gasteiger partial charge in [0.2, 0.25) is 0 Å². The van der Waals surface area contributed by atoms with Crippen LogP contribution in [-0.2, 0) is 38.1 Å². The molecule has 0 aromatic heterocycles. The molecule has 2 rings (SSSR count). The molecule has 0 aliphatic carbocycles. The number of amides is 1. The highest BCUT2D eigenvalue weighted by molar-refractivity contribution is 5.95. The Morgan fingerprint density at radius 2 is 1.38 bits per heavy atom. The highest BCUT2D eigenvalue weighted by Gasteiger charge is 2.53. The minimum Gasteiger partial charge on any atom is -0.486 e. The third-order valence-electron chi connectivity index (χ3n) is 7.17. The van der Waals surface area contributed by atoms with Gasteiger partial charge < -0.3 is 34.1 Å². The van der Waals surface area contributed by atoms with Crippen molar-refractivity contribution < 1.29 is 52.8 Å². The van der Waals surface area contributed by atoms with E-state index in [1.54, 1.807) is 44.3 Å². The molecule has 0 saturated heterocycles. The molecule has 0 bridgehead atoms. The Morgan fingerprint density at radius 3 is 1.89 bits per heavy atom. The van der Waals surface area contributed by atoms with Gasteiger partial charge in [0.25, 0.3) is 5.91 Å². The quantitative estimate of drug-likeness (QED) is 0.231. The standard InChI is InChI=1S/C33H43NO11/c1-10-27(45-28-15-14-25(16-18(28)2)24-12-11-13-26(17-24)32(39)34-9)29(42-21(5)36)30(43-22(6)37)31(44-23(7)38)33(8,40)19(3)41-20(4)35/h11-17,19,27,29-31,40H,10H2,1-9H3,(H,34,39)/t19-,27-,29+,30+,31-,33+/m0/s1. The molecule has 2 aromatic rings. The first kappa shape index (κ1) is 36.7. The summed E-state index contributed by atoms with van der Waals surface area (Å²) in [4.78, 5) is 60.8. The first-order chi connectivity index (χ1) is 21.0. The summed E-state index contributed by atoms with van der Waals surface area (Å²) < 4.78 is 28.2. The SMILES string of the molecule is CC[C@H](Oc1ccc(-c2cccc(C(=O)NC)c2)cc1C)[C@@H](OC(C)=O)[C@@H](OC(C)=O)[C@H](OC(C)=O)[C@](C)(O)[C@H](C)OC(C)=O. The lowest BCUT2D eigenvalue weighted by molar-refractivity contribution is -0.228. The van der Waals surface area contributed by atoms with Gasteiger partial charge in [0.1, 0.15) is 23.6 Å². The molecule has 0 heterocycles. The molecule has 246 valence electrons. The Morgan fingerprint density at radius 1 is 0.822 bits per heavy atom. The minimum atomic E-state index is -2.12. The van der Waals surface area contributed by atoms with Crippen molar-refractivity contribution >= 4 is 29.8 Å². The van der Waals surface area contributed by atoms with Crippen LogP contribution in [0.5, 0.6) is 5.75 Å². The van der Waals surface area contributed by atoms with Gasteiger partial charge >= 0.3 is 23.9 Å². The number of esters is 4. The first-order valence-electron chi connectivity index (χ1n) is 14.5. The van der Waals surface area contributed by atoms with Crippen molar-refractivity contribution in [2.75, 3.05) is 7.05 Å². The molecule has 2 N–H and O–H groups in total. The van der Waals surface area contributed by atoms with E-state index in [9.17, 15) is 29.1 Å². The Labute approximate surface area is 263 Å². The van der Waals surface area contributed by atoms with Gasteiger partial charge in [-0.1, -0.05) is 25.1 Å². The average molecular weight is 630 g/mol. The average Bonchev–Trinajstić information content (AvgIpc) is 2.96. The number of nitrogens with one attached hydrogen (secondary N) is 1. The molecule has 0 spiro atoms. The monoisotopic (exact) mass is 629 g/mol. The van der Waals surface area contributed by atoms with E-state index >= 15 is 0 Å². The van der Waals surface area contributed by atoms with Gasteiger partial charge in [-0.15, -0.1) is 0 Å². The number of benzene rings is 2. The van der Waals surface area contributed by atoms with E-state index in [1.807, 2.05) is 19.1 Å². The summed E-state index contributed by atoms with van der Waals surface area (Å²) in [6, 6.07) is 12.5. The van der Waals surface area contributed by atoms with Crippen LogP contribution in [0.3, 0.4) is 0 Å². The van der Waals surface area contributed by atoms with E-state index in [4.69, 9.17) is 23.7 Å². The summed E-state index contributed by atoms with van der Waals surface area (Å²) >= 11 is 0. The summed E-state index contributed by atoms with van der Waals surface area (Å²) in [5, 5.41) is 14.2. The van der Waals surface area contributed by atoms with Crippen LogP contribution in [0.1, 0.15) is 70.8 Å². The molecule has 2 aromatic carbocycles. The van der Waals surface area contributed by atoms with Gasteiger partial charge in [-0.3, -0.25) is 24.0 Å². The third kappa shape index (κ3) is 10.0. The number of hydrogen-bond donors (Lipinski definition) is 2. The molecule has 0 fully saturated rings. The van der Waals surface area contributed by atoms with Crippen molar-refractivity contribution in [3.05, 3.63) is 53.6 Å². The molecule has 0 unspecified atom stereocenters. The predicted octanol–water partition coefficient (Wildman–Crippen LogP) is 3.68. The zero-order valence-electron chi connectivity index (χ0n) is 27.2. The Bertz CT molecular complexity index is 1390. The van der Waals surface area contributed by atoms with Crippen molar-refractivity contribution in [2.24, 2.45) is 0 Å². The van der Waals surface area contributed by atoms with Gasteiger partial charge in [-0.05, 0) is 68.1 Å². The molecule has 45 heavy (non-hydrogen) atoms. The van der Waals surface area contributed by atoms with E-state index in [1.165, 1.54) is 13.8 Å². The molecule has 0 radical (unpaired) electrons. The second kappa shape index (κ2) is 16.0. The van der Waals surface area contributed by atoms with Gasteiger partial charge in [0, 0.05) is 40.3 Å². The first-order valence-corrected chi connectivity index (χ1v) is 14.5. The number of rotatable bonds is 14. The lowest BCUT2D eigenvalue weighted by Crippen LogP contribution is -2.62. The zero-order valence-corrected chi connectivity index (χ0v) is 27.2. The summed E-state index contributed by atoms with van der Waals surface area (Å²) in [7, 11) is 1.56. The maximum Gasteiger partial charge on any atom is 0.303 e. The van der Waals surface area contributed by atoms with E-state index in [-0.39, 0.29) is 12.3 Å². The normalized spacial score (nSPS) is 15.6. The van der Waals surface area contributed by atoms with Crippen LogP contribution >= 0.6 is 0 Å². The Hall–Kier alpha value is -4.45. The largest absolute Gasteiger partial charge is 0.486 e. The lowest BCUT2D eigenvalue weighted by atomic mass is 9.85. The maximum atomic E-state index is 12.4. The van der Waals surface area contributed by atoms with Crippen LogP contribution in [-0.4, -0.2) is 78.1 Å². The number of carbonyl (C=O) groups excluding carboxylic acids is 5. The Kier molecular flexibility index (Phi) is 13.1.